The van der Waals surface area contributed by atoms with Crippen LogP contribution in [0.4, 0.5) is 5.82 Å². The van der Waals surface area contributed by atoms with Gasteiger partial charge in [-0.1, -0.05) is 25.8 Å². The summed E-state index contributed by atoms with van der Waals surface area (Å²) in [5.41, 5.74) is 0.882. The number of rotatable bonds is 8. The summed E-state index contributed by atoms with van der Waals surface area (Å²) >= 11 is 0. The van der Waals surface area contributed by atoms with E-state index < -0.39 is 0 Å². The van der Waals surface area contributed by atoms with E-state index in [1.54, 1.807) is 13.1 Å². The highest BCUT2D eigenvalue weighted by atomic mass is 16.1. The van der Waals surface area contributed by atoms with Gasteiger partial charge in [0.1, 0.15) is 5.82 Å². The SMILES string of the molecule is CCCCCNC(=NC)NCCC(=O)Nc1cccc(C)n1. The Morgan fingerprint density at radius 2 is 2.00 bits per heavy atom. The molecule has 1 heterocycles. The summed E-state index contributed by atoms with van der Waals surface area (Å²) < 4.78 is 0. The normalized spacial score (nSPS) is 11.1. The van der Waals surface area contributed by atoms with Gasteiger partial charge in [-0.15, -0.1) is 0 Å². The summed E-state index contributed by atoms with van der Waals surface area (Å²) in [6.07, 6.45) is 3.89. The van der Waals surface area contributed by atoms with Crippen molar-refractivity contribution in [1.29, 1.82) is 0 Å². The minimum absolute atomic E-state index is 0.0629. The number of carbonyl (C=O) groups excluding carboxylic acids is 1. The number of aromatic nitrogens is 1. The first-order chi connectivity index (χ1) is 10.7. The molecule has 0 spiro atoms. The summed E-state index contributed by atoms with van der Waals surface area (Å²) in [5.74, 6) is 1.26. The van der Waals surface area contributed by atoms with Crippen LogP contribution in [0.1, 0.15) is 38.3 Å². The maximum Gasteiger partial charge on any atom is 0.227 e. The lowest BCUT2D eigenvalue weighted by Gasteiger charge is -2.11. The van der Waals surface area contributed by atoms with Gasteiger partial charge in [0.15, 0.2) is 5.96 Å². The van der Waals surface area contributed by atoms with E-state index in [2.05, 4.69) is 32.9 Å². The Kier molecular flexibility index (Phi) is 8.64. The van der Waals surface area contributed by atoms with Gasteiger partial charge in [0, 0.05) is 32.3 Å². The minimum atomic E-state index is -0.0629. The molecule has 1 aromatic heterocycles. The average Bonchev–Trinajstić information content (AvgIpc) is 2.49. The van der Waals surface area contributed by atoms with Crippen molar-refractivity contribution in [3.8, 4) is 0 Å². The smallest absolute Gasteiger partial charge is 0.227 e. The molecule has 6 heteroatoms. The predicted octanol–water partition coefficient (Wildman–Crippen LogP) is 2.07. The third-order valence-corrected chi connectivity index (χ3v) is 3.10. The summed E-state index contributed by atoms with van der Waals surface area (Å²) in [5, 5.41) is 9.15. The van der Waals surface area contributed by atoms with E-state index in [-0.39, 0.29) is 5.91 Å². The summed E-state index contributed by atoms with van der Waals surface area (Å²) in [6.45, 7) is 5.50. The van der Waals surface area contributed by atoms with Crippen molar-refractivity contribution >= 4 is 17.7 Å². The second kappa shape index (κ2) is 10.6. The van der Waals surface area contributed by atoms with E-state index >= 15 is 0 Å². The van der Waals surface area contributed by atoms with Crippen LogP contribution in [0.2, 0.25) is 0 Å². The van der Waals surface area contributed by atoms with Crippen molar-refractivity contribution in [2.75, 3.05) is 25.5 Å². The van der Waals surface area contributed by atoms with Crippen molar-refractivity contribution in [2.24, 2.45) is 4.99 Å². The van der Waals surface area contributed by atoms with Crippen molar-refractivity contribution in [2.45, 2.75) is 39.5 Å². The number of nitrogens with zero attached hydrogens (tertiary/aromatic N) is 2. The predicted molar refractivity (Wildman–Crippen MR) is 91.1 cm³/mol. The molecule has 6 nitrogen and oxygen atoms in total. The first kappa shape index (κ1) is 17.9. The second-order valence-corrected chi connectivity index (χ2v) is 5.10. The van der Waals surface area contributed by atoms with Gasteiger partial charge in [-0.05, 0) is 25.5 Å². The number of pyridine rings is 1. The molecule has 0 atom stereocenters. The number of amides is 1. The topological polar surface area (TPSA) is 78.4 Å². The van der Waals surface area contributed by atoms with E-state index in [0.717, 1.165) is 24.6 Å². The van der Waals surface area contributed by atoms with Gasteiger partial charge in [-0.3, -0.25) is 9.79 Å². The van der Waals surface area contributed by atoms with Crippen molar-refractivity contribution < 1.29 is 4.79 Å². The zero-order valence-electron chi connectivity index (χ0n) is 13.8. The van der Waals surface area contributed by atoms with Crippen molar-refractivity contribution in [1.82, 2.24) is 15.6 Å². The molecule has 1 amide bonds. The van der Waals surface area contributed by atoms with Crippen LogP contribution in [0.5, 0.6) is 0 Å². The van der Waals surface area contributed by atoms with Gasteiger partial charge in [0.2, 0.25) is 5.91 Å². The Labute approximate surface area is 132 Å². The van der Waals surface area contributed by atoms with Crippen LogP contribution < -0.4 is 16.0 Å². The Morgan fingerprint density at radius 1 is 1.23 bits per heavy atom. The van der Waals surface area contributed by atoms with Gasteiger partial charge in [-0.2, -0.15) is 0 Å². The fraction of sp³-hybridized carbons (Fsp3) is 0.562. The van der Waals surface area contributed by atoms with Crippen LogP contribution in [0.15, 0.2) is 23.2 Å². The van der Waals surface area contributed by atoms with Crippen molar-refractivity contribution in [3.05, 3.63) is 23.9 Å². The first-order valence-electron chi connectivity index (χ1n) is 7.83. The average molecular weight is 305 g/mol. The van der Waals surface area contributed by atoms with E-state index in [9.17, 15) is 4.79 Å². The Hall–Kier alpha value is -2.11. The number of carbonyl (C=O) groups is 1. The van der Waals surface area contributed by atoms with Gasteiger partial charge in [-0.25, -0.2) is 4.98 Å². The molecule has 0 saturated carbocycles. The molecule has 0 radical (unpaired) electrons. The molecule has 0 unspecified atom stereocenters. The molecule has 0 aliphatic heterocycles. The van der Waals surface area contributed by atoms with Gasteiger partial charge in [0.25, 0.3) is 0 Å². The highest BCUT2D eigenvalue weighted by molar-refractivity contribution is 5.90. The van der Waals surface area contributed by atoms with Crippen LogP contribution in [0, 0.1) is 6.92 Å². The van der Waals surface area contributed by atoms with Crippen LogP contribution in [-0.2, 0) is 4.79 Å². The Bertz CT molecular complexity index is 487. The molecular formula is C16H27N5O. The summed E-state index contributed by atoms with van der Waals surface area (Å²) in [7, 11) is 1.73. The number of aryl methyl sites for hydroxylation is 1. The third kappa shape index (κ3) is 7.61. The number of hydrogen-bond donors (Lipinski definition) is 3. The number of hydrogen-bond acceptors (Lipinski definition) is 3. The molecular weight excluding hydrogens is 278 g/mol. The number of guanidine groups is 1. The lowest BCUT2D eigenvalue weighted by molar-refractivity contribution is -0.116. The fourth-order valence-corrected chi connectivity index (χ4v) is 1.91. The zero-order chi connectivity index (χ0) is 16.2. The lowest BCUT2D eigenvalue weighted by atomic mass is 10.2. The van der Waals surface area contributed by atoms with Crippen LogP contribution in [0.25, 0.3) is 0 Å². The van der Waals surface area contributed by atoms with Gasteiger partial charge >= 0.3 is 0 Å². The molecule has 0 aliphatic rings. The van der Waals surface area contributed by atoms with E-state index in [0.29, 0.717) is 18.8 Å². The molecule has 22 heavy (non-hydrogen) atoms. The zero-order valence-corrected chi connectivity index (χ0v) is 13.8. The number of anilines is 1. The second-order valence-electron chi connectivity index (χ2n) is 5.10. The van der Waals surface area contributed by atoms with Crippen LogP contribution in [0.3, 0.4) is 0 Å². The number of nitrogens with one attached hydrogen (secondary N) is 3. The standard InChI is InChI=1S/C16H27N5O/c1-4-5-6-11-18-16(17-3)19-12-10-15(22)21-14-9-7-8-13(2)20-14/h7-9H,4-6,10-12H2,1-3H3,(H2,17,18,19)(H,20,21,22). The van der Waals surface area contributed by atoms with Crippen molar-refractivity contribution in [3.63, 3.8) is 0 Å². The van der Waals surface area contributed by atoms with Crippen LogP contribution in [-0.4, -0.2) is 37.0 Å². The molecule has 3 N–H and O–H groups in total. The molecule has 0 bridgehead atoms. The molecule has 122 valence electrons. The minimum Gasteiger partial charge on any atom is -0.356 e. The highest BCUT2D eigenvalue weighted by Gasteiger charge is 2.04. The summed E-state index contributed by atoms with van der Waals surface area (Å²) in [6, 6.07) is 5.55. The van der Waals surface area contributed by atoms with E-state index in [1.807, 2.05) is 19.1 Å². The van der Waals surface area contributed by atoms with Gasteiger partial charge in [0.05, 0.1) is 0 Å². The van der Waals surface area contributed by atoms with Gasteiger partial charge < -0.3 is 16.0 Å². The molecule has 0 aromatic carbocycles. The molecule has 1 rings (SSSR count). The largest absolute Gasteiger partial charge is 0.356 e. The number of unbranched alkanes of at least 4 members (excludes halogenated alkanes) is 2. The lowest BCUT2D eigenvalue weighted by Crippen LogP contribution is -2.39. The maximum absolute atomic E-state index is 11.8. The fourth-order valence-electron chi connectivity index (χ4n) is 1.91. The van der Waals surface area contributed by atoms with E-state index in [4.69, 9.17) is 0 Å². The maximum atomic E-state index is 11.8. The molecule has 0 aliphatic carbocycles. The third-order valence-electron chi connectivity index (χ3n) is 3.10. The Morgan fingerprint density at radius 3 is 2.68 bits per heavy atom. The molecule has 1 aromatic rings. The van der Waals surface area contributed by atoms with E-state index in [1.165, 1.54) is 12.8 Å². The first-order valence-corrected chi connectivity index (χ1v) is 7.83. The monoisotopic (exact) mass is 305 g/mol. The highest BCUT2D eigenvalue weighted by Crippen LogP contribution is 2.03. The number of aliphatic imine (C=N–C) groups is 1. The quantitative estimate of drug-likeness (QED) is 0.390. The Balaban J connectivity index is 2.23. The van der Waals surface area contributed by atoms with Crippen LogP contribution >= 0.6 is 0 Å². The molecule has 0 fully saturated rings. The molecule has 0 saturated heterocycles. The summed E-state index contributed by atoms with van der Waals surface area (Å²) in [4.78, 5) is 20.2.